The number of hydrogen-bond donors (Lipinski definition) is 7. The first-order valence-corrected chi connectivity index (χ1v) is 10.8. The van der Waals surface area contributed by atoms with Gasteiger partial charge in [-0.15, -0.1) is 0 Å². The van der Waals surface area contributed by atoms with Crippen LogP contribution in [0.15, 0.2) is 0 Å². The quantitative estimate of drug-likeness (QED) is 0.138. The first-order valence-electron chi connectivity index (χ1n) is 10.8. The number of hydrogen-bond acceptors (Lipinski definition) is 7. The van der Waals surface area contributed by atoms with E-state index < -0.39 is 48.6 Å². The van der Waals surface area contributed by atoms with E-state index in [4.69, 9.17) is 15.9 Å². The highest BCUT2D eigenvalue weighted by atomic mass is 16.4. The fraction of sp³-hybridized carbons (Fsp3) is 0.800. The van der Waals surface area contributed by atoms with Crippen molar-refractivity contribution in [3.63, 3.8) is 0 Å². The summed E-state index contributed by atoms with van der Waals surface area (Å²) in [6, 6.07) is -3.99. The summed E-state index contributed by atoms with van der Waals surface area (Å²) >= 11 is 0. The third-order valence-electron chi connectivity index (χ3n) is 4.72. The summed E-state index contributed by atoms with van der Waals surface area (Å²) in [5, 5.41) is 34.9. The second kappa shape index (κ2) is 16.5. The van der Waals surface area contributed by atoms with Gasteiger partial charge in [0.2, 0.25) is 17.7 Å². The Labute approximate surface area is 183 Å². The van der Waals surface area contributed by atoms with Crippen LogP contribution in [0.5, 0.6) is 0 Å². The number of aliphatic hydroxyl groups excluding tert-OH is 2. The molecule has 0 aliphatic heterocycles. The Bertz CT molecular complexity index is 572. The van der Waals surface area contributed by atoms with E-state index >= 15 is 0 Å². The Kier molecular flexibility index (Phi) is 15.3. The molecule has 0 spiro atoms. The van der Waals surface area contributed by atoms with Crippen molar-refractivity contribution >= 4 is 23.7 Å². The van der Waals surface area contributed by atoms with Crippen molar-refractivity contribution in [1.29, 1.82) is 0 Å². The minimum atomic E-state index is -1.58. The van der Waals surface area contributed by atoms with Crippen LogP contribution in [0, 0.1) is 0 Å². The number of rotatable bonds is 17. The van der Waals surface area contributed by atoms with Crippen LogP contribution >= 0.6 is 0 Å². The maximum Gasteiger partial charge on any atom is 0.328 e. The fourth-order valence-corrected chi connectivity index (χ4v) is 2.85. The lowest BCUT2D eigenvalue weighted by Gasteiger charge is -2.25. The molecule has 0 aliphatic carbocycles. The Hall–Kier alpha value is -2.24. The van der Waals surface area contributed by atoms with Crippen molar-refractivity contribution in [1.82, 2.24) is 16.0 Å². The van der Waals surface area contributed by atoms with Crippen LogP contribution in [0.3, 0.4) is 0 Å². The Morgan fingerprint density at radius 1 is 0.903 bits per heavy atom. The Balaban J connectivity index is 5.00. The smallest absolute Gasteiger partial charge is 0.328 e. The van der Waals surface area contributed by atoms with Gasteiger partial charge in [-0.3, -0.25) is 14.4 Å². The number of aliphatic carboxylic acids is 1. The van der Waals surface area contributed by atoms with Crippen molar-refractivity contribution < 1.29 is 34.5 Å². The number of carboxylic acid groups (broad SMARTS) is 1. The molecule has 0 aromatic rings. The van der Waals surface area contributed by atoms with Crippen molar-refractivity contribution in [2.45, 2.75) is 89.4 Å². The van der Waals surface area contributed by atoms with Crippen LogP contribution in [0.4, 0.5) is 0 Å². The van der Waals surface area contributed by atoms with Crippen LogP contribution < -0.4 is 21.7 Å². The van der Waals surface area contributed by atoms with E-state index in [9.17, 15) is 24.3 Å². The van der Waals surface area contributed by atoms with Gasteiger partial charge in [-0.05, 0) is 32.7 Å². The van der Waals surface area contributed by atoms with Crippen LogP contribution in [-0.2, 0) is 19.2 Å². The normalized spacial score (nSPS) is 14.7. The molecule has 0 aromatic heterocycles. The molecule has 0 saturated heterocycles. The minimum absolute atomic E-state index is 0.243. The number of amides is 3. The number of unbranched alkanes of at least 4 members (excludes halogenated alkanes) is 4. The summed E-state index contributed by atoms with van der Waals surface area (Å²) in [7, 11) is 0. The third-order valence-corrected chi connectivity index (χ3v) is 4.72. The average Bonchev–Trinajstić information content (AvgIpc) is 2.72. The maximum atomic E-state index is 12.7. The summed E-state index contributed by atoms with van der Waals surface area (Å²) in [6.07, 6.45) is 4.47. The van der Waals surface area contributed by atoms with Gasteiger partial charge in [-0.2, -0.15) is 0 Å². The molecule has 0 saturated carbocycles. The van der Waals surface area contributed by atoms with E-state index in [-0.39, 0.29) is 18.7 Å². The molecule has 11 nitrogen and oxygen atoms in total. The lowest BCUT2D eigenvalue weighted by molar-refractivity contribution is -0.144. The van der Waals surface area contributed by atoms with E-state index in [1.165, 1.54) is 6.92 Å². The molecule has 8 N–H and O–H groups in total. The minimum Gasteiger partial charge on any atom is -0.480 e. The number of aliphatic hydroxyl groups is 2. The molecular formula is C20H38N4O7. The molecule has 0 bridgehead atoms. The molecule has 0 heterocycles. The lowest BCUT2D eigenvalue weighted by Crippen LogP contribution is -2.59. The molecule has 4 atom stereocenters. The summed E-state index contributed by atoms with van der Waals surface area (Å²) in [6.45, 7) is 2.80. The highest BCUT2D eigenvalue weighted by Gasteiger charge is 2.31. The van der Waals surface area contributed by atoms with E-state index in [1.807, 2.05) is 5.32 Å². The molecule has 0 aromatic carbocycles. The summed E-state index contributed by atoms with van der Waals surface area (Å²) in [5.74, 6) is -3.41. The second-order valence-electron chi connectivity index (χ2n) is 7.52. The fourth-order valence-electron chi connectivity index (χ4n) is 2.85. The largest absolute Gasteiger partial charge is 0.480 e. The van der Waals surface area contributed by atoms with Crippen molar-refractivity contribution in [3.05, 3.63) is 0 Å². The molecule has 11 heteroatoms. The number of nitrogens with two attached hydrogens (primary N) is 1. The van der Waals surface area contributed by atoms with Crippen molar-refractivity contribution in [2.75, 3.05) is 13.2 Å². The SMILES string of the molecule is CCCCCCCC(=O)N[C@@H](CCCN)C(=O)N[C@H](C(=O)N[C@H](CO)C(=O)O)[C@@H](C)O. The van der Waals surface area contributed by atoms with Gasteiger partial charge in [-0.25, -0.2) is 4.79 Å². The summed E-state index contributed by atoms with van der Waals surface area (Å²) < 4.78 is 0. The molecule has 0 unspecified atom stereocenters. The van der Waals surface area contributed by atoms with Crippen molar-refractivity contribution in [3.8, 4) is 0 Å². The first-order chi connectivity index (χ1) is 14.7. The van der Waals surface area contributed by atoms with Gasteiger partial charge < -0.3 is 37.0 Å². The zero-order chi connectivity index (χ0) is 23.8. The van der Waals surface area contributed by atoms with Gasteiger partial charge in [0.25, 0.3) is 0 Å². The van der Waals surface area contributed by atoms with Crippen molar-refractivity contribution in [2.24, 2.45) is 5.73 Å². The number of carbonyl (C=O) groups is 4. The predicted octanol–water partition coefficient (Wildman–Crippen LogP) is -1.00. The zero-order valence-electron chi connectivity index (χ0n) is 18.4. The van der Waals surface area contributed by atoms with Gasteiger partial charge in [0.05, 0.1) is 12.7 Å². The monoisotopic (exact) mass is 446 g/mol. The van der Waals surface area contributed by atoms with Crippen LogP contribution in [0.1, 0.15) is 65.2 Å². The van der Waals surface area contributed by atoms with Crippen LogP contribution in [0.25, 0.3) is 0 Å². The zero-order valence-corrected chi connectivity index (χ0v) is 18.4. The molecule has 0 radical (unpaired) electrons. The van der Waals surface area contributed by atoms with Gasteiger partial charge in [-0.1, -0.05) is 32.6 Å². The Morgan fingerprint density at radius 3 is 2.06 bits per heavy atom. The number of carboxylic acids is 1. The van der Waals surface area contributed by atoms with Gasteiger partial charge in [0.15, 0.2) is 0 Å². The molecule has 31 heavy (non-hydrogen) atoms. The topological polar surface area (TPSA) is 191 Å². The first kappa shape index (κ1) is 28.8. The van der Waals surface area contributed by atoms with Crippen LogP contribution in [0.2, 0.25) is 0 Å². The highest BCUT2D eigenvalue weighted by Crippen LogP contribution is 2.06. The third kappa shape index (κ3) is 12.3. The molecule has 180 valence electrons. The van der Waals surface area contributed by atoms with E-state index in [1.54, 1.807) is 0 Å². The van der Waals surface area contributed by atoms with Crippen LogP contribution in [-0.4, -0.2) is 76.4 Å². The van der Waals surface area contributed by atoms with Gasteiger partial charge >= 0.3 is 5.97 Å². The van der Waals surface area contributed by atoms with Gasteiger partial charge in [0.1, 0.15) is 18.1 Å². The molecule has 0 aliphatic rings. The summed E-state index contributed by atoms with van der Waals surface area (Å²) in [5.41, 5.74) is 5.50. The van der Waals surface area contributed by atoms with E-state index in [0.29, 0.717) is 19.4 Å². The highest BCUT2D eigenvalue weighted by molar-refractivity contribution is 5.93. The van der Waals surface area contributed by atoms with E-state index in [0.717, 1.165) is 25.7 Å². The number of carbonyl (C=O) groups excluding carboxylic acids is 3. The standard InChI is InChI=1S/C20H38N4O7/c1-3-4-5-6-7-10-16(27)22-14(9-8-11-21)18(28)24-17(13(2)26)19(29)23-15(12-25)20(30)31/h13-15,17,25-26H,3-12,21H2,1-2H3,(H,22,27)(H,23,29)(H,24,28)(H,30,31)/t13-,14+,15-,17+/m1/s1. The summed E-state index contributed by atoms with van der Waals surface area (Å²) in [4.78, 5) is 48.2. The lowest BCUT2D eigenvalue weighted by atomic mass is 10.1. The predicted molar refractivity (Wildman–Crippen MR) is 114 cm³/mol. The van der Waals surface area contributed by atoms with Gasteiger partial charge in [0, 0.05) is 6.42 Å². The molecule has 0 rings (SSSR count). The maximum absolute atomic E-state index is 12.7. The molecule has 3 amide bonds. The number of nitrogens with one attached hydrogen (secondary N) is 3. The second-order valence-corrected chi connectivity index (χ2v) is 7.52. The molecule has 0 fully saturated rings. The molecular weight excluding hydrogens is 408 g/mol. The van der Waals surface area contributed by atoms with E-state index in [2.05, 4.69) is 17.6 Å². The Morgan fingerprint density at radius 2 is 1.55 bits per heavy atom. The average molecular weight is 447 g/mol.